The van der Waals surface area contributed by atoms with E-state index in [0.717, 1.165) is 18.6 Å². The molecule has 2 heterocycles. The molecule has 2 unspecified atom stereocenters. The third-order valence-corrected chi connectivity index (χ3v) is 7.59. The van der Waals surface area contributed by atoms with Crippen molar-refractivity contribution < 1.29 is 31.1 Å². The Morgan fingerprint density at radius 3 is 2.57 bits per heavy atom. The van der Waals surface area contributed by atoms with Gasteiger partial charge in [-0.3, -0.25) is 4.79 Å². The molecule has 2 fully saturated rings. The van der Waals surface area contributed by atoms with Gasteiger partial charge >= 0.3 is 6.36 Å². The first-order valence-corrected chi connectivity index (χ1v) is 11.4. The molecule has 154 valence electrons. The number of amidine groups is 1. The summed E-state index contributed by atoms with van der Waals surface area (Å²) in [7, 11) is -3.22. The molecule has 1 amide bonds. The van der Waals surface area contributed by atoms with Gasteiger partial charge in [0.05, 0.1) is 17.5 Å². The number of halogens is 3. The van der Waals surface area contributed by atoms with Crippen molar-refractivity contribution in [1.29, 1.82) is 0 Å². The largest absolute Gasteiger partial charge is 0.573 e. The predicted molar refractivity (Wildman–Crippen MR) is 101 cm³/mol. The number of unbranched alkanes of at least 4 members (excludes halogenated alkanes) is 1. The van der Waals surface area contributed by atoms with Gasteiger partial charge < -0.3 is 9.64 Å². The number of carbonyl (C=O) groups excluding carboxylic acids is 1. The van der Waals surface area contributed by atoms with E-state index in [0.29, 0.717) is 23.7 Å². The summed E-state index contributed by atoms with van der Waals surface area (Å²) in [5.74, 6) is -0.783. The first-order valence-electron chi connectivity index (χ1n) is 8.71. The highest BCUT2D eigenvalue weighted by atomic mass is 32.2. The van der Waals surface area contributed by atoms with Crippen LogP contribution in [0.2, 0.25) is 0 Å². The van der Waals surface area contributed by atoms with Crippen molar-refractivity contribution in [3.63, 3.8) is 0 Å². The monoisotopic (exact) mass is 436 g/mol. The third kappa shape index (κ3) is 4.99. The summed E-state index contributed by atoms with van der Waals surface area (Å²) in [6, 6.07) is 4.70. The highest BCUT2D eigenvalue weighted by Gasteiger charge is 2.49. The Bertz CT molecular complexity index is 869. The van der Waals surface area contributed by atoms with E-state index in [9.17, 15) is 26.4 Å². The van der Waals surface area contributed by atoms with E-state index in [1.807, 2.05) is 6.92 Å². The van der Waals surface area contributed by atoms with E-state index < -0.39 is 22.2 Å². The number of alkyl halides is 3. The zero-order chi connectivity index (χ0) is 20.5. The van der Waals surface area contributed by atoms with Crippen LogP contribution in [0, 0.1) is 0 Å². The molecule has 0 spiro atoms. The van der Waals surface area contributed by atoms with Crippen LogP contribution in [0.3, 0.4) is 0 Å². The Morgan fingerprint density at radius 1 is 1.29 bits per heavy atom. The van der Waals surface area contributed by atoms with Crippen LogP contribution < -0.4 is 9.64 Å². The van der Waals surface area contributed by atoms with Crippen molar-refractivity contribution in [3.8, 4) is 5.75 Å². The summed E-state index contributed by atoms with van der Waals surface area (Å²) in [5, 5.41) is 0.115. The van der Waals surface area contributed by atoms with Crippen LogP contribution in [0.25, 0.3) is 0 Å². The van der Waals surface area contributed by atoms with E-state index in [1.54, 1.807) is 4.90 Å². The van der Waals surface area contributed by atoms with Gasteiger partial charge in [-0.2, -0.15) is 4.99 Å². The molecule has 11 heteroatoms. The first kappa shape index (κ1) is 21.0. The lowest BCUT2D eigenvalue weighted by atomic mass is 10.2. The fourth-order valence-corrected chi connectivity index (χ4v) is 7.10. The number of thioether (sulfide) groups is 1. The fraction of sp³-hybridized carbons (Fsp3) is 0.529. The second-order valence-corrected chi connectivity index (χ2v) is 9.96. The van der Waals surface area contributed by atoms with Crippen molar-refractivity contribution in [2.24, 2.45) is 4.99 Å². The van der Waals surface area contributed by atoms with Gasteiger partial charge in [-0.25, -0.2) is 8.42 Å². The topological polar surface area (TPSA) is 76.0 Å². The molecule has 28 heavy (non-hydrogen) atoms. The van der Waals surface area contributed by atoms with Crippen molar-refractivity contribution >= 4 is 38.4 Å². The normalized spacial score (nSPS) is 25.1. The zero-order valence-corrected chi connectivity index (χ0v) is 16.6. The standard InChI is InChI=1S/C17H19F3N2O4S2/c1-2-3-4-15(23)21-16-22(13-9-28(24,25)10-14(13)27-16)11-5-7-12(8-6-11)26-17(18,19)20/h5-8,13-14H,2-4,9-10H2,1H3. The first-order chi connectivity index (χ1) is 13.1. The molecule has 2 aliphatic rings. The van der Waals surface area contributed by atoms with E-state index >= 15 is 0 Å². The van der Waals surface area contributed by atoms with Crippen molar-refractivity contribution in [3.05, 3.63) is 24.3 Å². The number of amides is 1. The molecule has 0 aliphatic carbocycles. The molecule has 0 N–H and O–H groups in total. The van der Waals surface area contributed by atoms with Gasteiger partial charge in [-0.05, 0) is 30.7 Å². The van der Waals surface area contributed by atoms with Crippen molar-refractivity contribution in [2.45, 2.75) is 43.8 Å². The number of hydrogen-bond donors (Lipinski definition) is 0. The highest BCUT2D eigenvalue weighted by Crippen LogP contribution is 2.41. The number of benzene rings is 1. The molecule has 3 rings (SSSR count). The molecule has 1 aromatic carbocycles. The predicted octanol–water partition coefficient (Wildman–Crippen LogP) is 3.38. The lowest BCUT2D eigenvalue weighted by Gasteiger charge is -2.24. The van der Waals surface area contributed by atoms with Gasteiger partial charge in [0.2, 0.25) is 5.91 Å². The van der Waals surface area contributed by atoms with E-state index in [1.165, 1.54) is 23.9 Å². The Kier molecular flexibility index (Phi) is 5.95. The molecule has 0 bridgehead atoms. The average Bonchev–Trinajstić information content (AvgIpc) is 3.03. The molecule has 1 aromatic rings. The number of nitrogens with zero attached hydrogens (tertiary/aromatic N) is 2. The minimum absolute atomic E-state index is 0.0176. The lowest BCUT2D eigenvalue weighted by Crippen LogP contribution is -2.37. The molecule has 0 aromatic heterocycles. The van der Waals surface area contributed by atoms with Crippen LogP contribution in [-0.4, -0.2) is 48.7 Å². The number of anilines is 1. The number of hydrogen-bond acceptors (Lipinski definition) is 5. The smallest absolute Gasteiger partial charge is 0.406 e. The van der Waals surface area contributed by atoms with Crippen molar-refractivity contribution in [1.82, 2.24) is 0 Å². The summed E-state index contributed by atoms with van der Waals surface area (Å²) >= 11 is 1.23. The van der Waals surface area contributed by atoms with Crippen LogP contribution in [0.1, 0.15) is 26.2 Å². The number of sulfone groups is 1. The van der Waals surface area contributed by atoms with Crippen LogP contribution in [0.4, 0.5) is 18.9 Å². The minimum atomic E-state index is -4.80. The summed E-state index contributed by atoms with van der Waals surface area (Å²) in [4.78, 5) is 17.9. The van der Waals surface area contributed by atoms with E-state index in [-0.39, 0.29) is 28.4 Å². The maximum Gasteiger partial charge on any atom is 0.573 e. The number of rotatable bonds is 5. The summed E-state index contributed by atoms with van der Waals surface area (Å²) in [6.07, 6.45) is -2.96. The summed E-state index contributed by atoms with van der Waals surface area (Å²) in [6.45, 7) is 1.96. The number of fused-ring (bicyclic) bond motifs is 1. The number of aliphatic imine (C=N–C) groups is 1. The molecular formula is C17H19F3N2O4S2. The Labute approximate surface area is 165 Å². The minimum Gasteiger partial charge on any atom is -0.406 e. The van der Waals surface area contributed by atoms with Gasteiger partial charge in [0.15, 0.2) is 15.0 Å². The van der Waals surface area contributed by atoms with Crippen LogP contribution in [0.5, 0.6) is 5.75 Å². The average molecular weight is 436 g/mol. The molecule has 6 nitrogen and oxygen atoms in total. The van der Waals surface area contributed by atoms with Gasteiger partial charge in [0.25, 0.3) is 0 Å². The van der Waals surface area contributed by atoms with Gasteiger partial charge in [0, 0.05) is 17.4 Å². The zero-order valence-electron chi connectivity index (χ0n) is 15.0. The molecule has 2 aliphatic heterocycles. The SMILES string of the molecule is CCCCC(=O)N=C1SC2CS(=O)(=O)CC2N1c1ccc(OC(F)(F)F)cc1. The molecular weight excluding hydrogens is 417 g/mol. The second-order valence-electron chi connectivity index (χ2n) is 6.60. The van der Waals surface area contributed by atoms with Crippen LogP contribution in [-0.2, 0) is 14.6 Å². The van der Waals surface area contributed by atoms with Crippen LogP contribution >= 0.6 is 11.8 Å². The maximum atomic E-state index is 12.4. The van der Waals surface area contributed by atoms with Crippen LogP contribution in [0.15, 0.2) is 29.3 Å². The number of ether oxygens (including phenoxy) is 1. The van der Waals surface area contributed by atoms with Gasteiger partial charge in [0.1, 0.15) is 5.75 Å². The van der Waals surface area contributed by atoms with Crippen molar-refractivity contribution in [2.75, 3.05) is 16.4 Å². The molecule has 0 saturated carbocycles. The van der Waals surface area contributed by atoms with Gasteiger partial charge in [-0.1, -0.05) is 25.1 Å². The molecule has 2 atom stereocenters. The third-order valence-electron chi connectivity index (χ3n) is 4.38. The molecule has 0 radical (unpaired) electrons. The van der Waals surface area contributed by atoms with E-state index in [4.69, 9.17) is 0 Å². The Morgan fingerprint density at radius 2 is 1.96 bits per heavy atom. The fourth-order valence-electron chi connectivity index (χ4n) is 3.17. The lowest BCUT2D eigenvalue weighted by molar-refractivity contribution is -0.274. The second kappa shape index (κ2) is 7.94. The Hall–Kier alpha value is -1.75. The maximum absolute atomic E-state index is 12.4. The quantitative estimate of drug-likeness (QED) is 0.705. The van der Waals surface area contributed by atoms with E-state index in [2.05, 4.69) is 9.73 Å². The molecule has 2 saturated heterocycles. The number of carbonyl (C=O) groups is 1. The Balaban J connectivity index is 1.88. The highest BCUT2D eigenvalue weighted by molar-refractivity contribution is 8.16. The summed E-state index contributed by atoms with van der Waals surface area (Å²) < 4.78 is 64.9. The van der Waals surface area contributed by atoms with Gasteiger partial charge in [-0.15, -0.1) is 13.2 Å². The summed E-state index contributed by atoms with van der Waals surface area (Å²) in [5.41, 5.74) is 0.466.